The summed E-state index contributed by atoms with van der Waals surface area (Å²) in [7, 11) is 0. The van der Waals surface area contributed by atoms with E-state index in [-0.39, 0.29) is 6.42 Å². The normalized spacial score (nSPS) is 9.67. The van der Waals surface area contributed by atoms with Gasteiger partial charge in [0.2, 0.25) is 0 Å². The molecule has 1 heterocycles. The van der Waals surface area contributed by atoms with Crippen LogP contribution in [0.25, 0.3) is 0 Å². The number of carboxylic acid groups (broad SMARTS) is 1. The van der Waals surface area contributed by atoms with Crippen molar-refractivity contribution in [3.8, 4) is 0 Å². The van der Waals surface area contributed by atoms with Crippen LogP contribution in [0.5, 0.6) is 0 Å². The summed E-state index contributed by atoms with van der Waals surface area (Å²) in [6, 6.07) is 3.27. The Morgan fingerprint density at radius 3 is 2.75 bits per heavy atom. The van der Waals surface area contributed by atoms with Crippen LogP contribution in [0, 0.1) is 0 Å². The molecule has 5 heteroatoms. The largest absolute Gasteiger partial charge is 0.481 e. The van der Waals surface area contributed by atoms with Gasteiger partial charge in [0.05, 0.1) is 12.1 Å². The molecule has 1 aromatic heterocycles. The fourth-order valence-electron chi connectivity index (χ4n) is 0.739. The molecule has 3 N–H and O–H groups in total. The smallest absolute Gasteiger partial charge is 0.303 e. The Bertz CT molecular complexity index is 270. The van der Waals surface area contributed by atoms with E-state index in [1.807, 2.05) is 0 Å². The van der Waals surface area contributed by atoms with Crippen molar-refractivity contribution in [1.82, 2.24) is 10.2 Å². The molecule has 0 aliphatic carbocycles. The van der Waals surface area contributed by atoms with Crippen LogP contribution >= 0.6 is 0 Å². The number of carboxylic acids is 1. The van der Waals surface area contributed by atoms with Crippen LogP contribution in [0.4, 0.5) is 5.82 Å². The third-order valence-corrected chi connectivity index (χ3v) is 1.34. The van der Waals surface area contributed by atoms with Crippen LogP contribution < -0.4 is 5.73 Å². The van der Waals surface area contributed by atoms with Gasteiger partial charge in [0.1, 0.15) is 5.82 Å². The standard InChI is InChI=1S/C7H9N3O2/c8-6-3-1-5(9-10-6)2-4-7(11)12/h1,3H,2,4H2,(H2,8,10)(H,11,12). The topological polar surface area (TPSA) is 89.1 Å². The van der Waals surface area contributed by atoms with E-state index in [0.717, 1.165) is 0 Å². The highest BCUT2D eigenvalue weighted by molar-refractivity contribution is 5.66. The summed E-state index contributed by atoms with van der Waals surface area (Å²) >= 11 is 0. The van der Waals surface area contributed by atoms with Crippen molar-refractivity contribution in [2.75, 3.05) is 5.73 Å². The maximum Gasteiger partial charge on any atom is 0.303 e. The lowest BCUT2D eigenvalue weighted by atomic mass is 10.2. The molecule has 0 aliphatic heterocycles. The number of aliphatic carboxylic acids is 1. The van der Waals surface area contributed by atoms with Crippen LogP contribution in [0.3, 0.4) is 0 Å². The molecular formula is C7H9N3O2. The Morgan fingerprint density at radius 2 is 2.25 bits per heavy atom. The van der Waals surface area contributed by atoms with E-state index in [0.29, 0.717) is 17.9 Å². The van der Waals surface area contributed by atoms with Crippen molar-refractivity contribution >= 4 is 11.8 Å². The van der Waals surface area contributed by atoms with Gasteiger partial charge >= 0.3 is 5.97 Å². The maximum atomic E-state index is 10.2. The van der Waals surface area contributed by atoms with E-state index in [1.165, 1.54) is 0 Å². The first kappa shape index (κ1) is 8.45. The summed E-state index contributed by atoms with van der Waals surface area (Å²) < 4.78 is 0. The van der Waals surface area contributed by atoms with Crippen LogP contribution in [0.15, 0.2) is 12.1 Å². The zero-order valence-corrected chi connectivity index (χ0v) is 6.40. The Morgan fingerprint density at radius 1 is 1.50 bits per heavy atom. The summed E-state index contributed by atoms with van der Waals surface area (Å²) in [5, 5.41) is 15.7. The highest BCUT2D eigenvalue weighted by Gasteiger charge is 1.99. The Kier molecular flexibility index (Phi) is 2.57. The lowest BCUT2D eigenvalue weighted by Gasteiger charge is -1.95. The number of rotatable bonds is 3. The first-order valence-electron chi connectivity index (χ1n) is 3.48. The van der Waals surface area contributed by atoms with Crippen molar-refractivity contribution in [3.63, 3.8) is 0 Å². The first-order chi connectivity index (χ1) is 5.68. The molecule has 0 bridgehead atoms. The number of hydrogen-bond acceptors (Lipinski definition) is 4. The minimum absolute atomic E-state index is 0.0681. The number of aryl methyl sites for hydroxylation is 1. The number of hydrogen-bond donors (Lipinski definition) is 2. The van der Waals surface area contributed by atoms with Crippen LogP contribution in [0.2, 0.25) is 0 Å². The van der Waals surface area contributed by atoms with E-state index < -0.39 is 5.97 Å². The molecule has 0 spiro atoms. The Balaban J connectivity index is 2.53. The second-order valence-electron chi connectivity index (χ2n) is 2.34. The summed E-state index contributed by atoms with van der Waals surface area (Å²) in [6.07, 6.45) is 0.460. The minimum Gasteiger partial charge on any atom is -0.481 e. The second kappa shape index (κ2) is 3.66. The summed E-state index contributed by atoms with van der Waals surface area (Å²) in [5.41, 5.74) is 5.94. The van der Waals surface area contributed by atoms with E-state index in [2.05, 4.69) is 10.2 Å². The molecule has 0 aliphatic rings. The summed E-state index contributed by atoms with van der Waals surface area (Å²) in [5.74, 6) is -0.497. The number of nitrogen functional groups attached to an aromatic ring is 1. The van der Waals surface area contributed by atoms with Gasteiger partial charge in [0.25, 0.3) is 0 Å². The number of nitrogens with zero attached hydrogens (tertiary/aromatic N) is 2. The van der Waals surface area contributed by atoms with E-state index >= 15 is 0 Å². The van der Waals surface area contributed by atoms with Crippen LogP contribution in [-0.2, 0) is 11.2 Å². The van der Waals surface area contributed by atoms with E-state index in [4.69, 9.17) is 10.8 Å². The van der Waals surface area contributed by atoms with Gasteiger partial charge in [-0.1, -0.05) is 0 Å². The summed E-state index contributed by atoms with van der Waals surface area (Å²) in [4.78, 5) is 10.2. The van der Waals surface area contributed by atoms with Crippen LogP contribution in [-0.4, -0.2) is 21.3 Å². The lowest BCUT2D eigenvalue weighted by molar-refractivity contribution is -0.136. The lowest BCUT2D eigenvalue weighted by Crippen LogP contribution is -2.01. The number of aromatic nitrogens is 2. The van der Waals surface area contributed by atoms with Gasteiger partial charge in [0.15, 0.2) is 0 Å². The molecule has 0 radical (unpaired) electrons. The van der Waals surface area contributed by atoms with E-state index in [9.17, 15) is 4.79 Å². The predicted molar refractivity (Wildman–Crippen MR) is 42.4 cm³/mol. The molecule has 12 heavy (non-hydrogen) atoms. The van der Waals surface area contributed by atoms with Gasteiger partial charge < -0.3 is 10.8 Å². The molecule has 0 unspecified atom stereocenters. The molecule has 0 fully saturated rings. The zero-order valence-electron chi connectivity index (χ0n) is 6.40. The first-order valence-corrected chi connectivity index (χ1v) is 3.48. The van der Waals surface area contributed by atoms with Gasteiger partial charge in [-0.15, -0.1) is 5.10 Å². The Hall–Kier alpha value is -1.65. The number of nitrogens with two attached hydrogens (primary N) is 1. The molecule has 5 nitrogen and oxygen atoms in total. The third kappa shape index (κ3) is 2.53. The van der Waals surface area contributed by atoms with Crippen molar-refractivity contribution in [2.45, 2.75) is 12.8 Å². The highest BCUT2D eigenvalue weighted by atomic mass is 16.4. The number of anilines is 1. The van der Waals surface area contributed by atoms with Gasteiger partial charge in [-0.05, 0) is 12.1 Å². The van der Waals surface area contributed by atoms with Crippen molar-refractivity contribution in [2.24, 2.45) is 0 Å². The summed E-state index contributed by atoms with van der Waals surface area (Å²) in [6.45, 7) is 0. The zero-order chi connectivity index (χ0) is 8.97. The molecule has 64 valence electrons. The maximum absolute atomic E-state index is 10.2. The molecule has 0 atom stereocenters. The molecule has 1 rings (SSSR count). The predicted octanol–water partition coefficient (Wildman–Crippen LogP) is 0.0760. The Labute approximate surface area is 69.2 Å². The van der Waals surface area contributed by atoms with Crippen molar-refractivity contribution in [3.05, 3.63) is 17.8 Å². The SMILES string of the molecule is Nc1ccc(CCC(=O)O)nn1. The fraction of sp³-hybridized carbons (Fsp3) is 0.286. The average molecular weight is 167 g/mol. The molecule has 1 aromatic rings. The van der Waals surface area contributed by atoms with Gasteiger partial charge in [-0.25, -0.2) is 0 Å². The molecular weight excluding hydrogens is 158 g/mol. The fourth-order valence-corrected chi connectivity index (χ4v) is 0.739. The van der Waals surface area contributed by atoms with Crippen LogP contribution in [0.1, 0.15) is 12.1 Å². The third-order valence-electron chi connectivity index (χ3n) is 1.34. The molecule has 0 amide bonds. The van der Waals surface area contributed by atoms with Gasteiger partial charge in [-0.3, -0.25) is 4.79 Å². The molecule has 0 aromatic carbocycles. The van der Waals surface area contributed by atoms with Crippen molar-refractivity contribution in [1.29, 1.82) is 0 Å². The highest BCUT2D eigenvalue weighted by Crippen LogP contribution is 2.00. The number of carbonyl (C=O) groups is 1. The second-order valence-corrected chi connectivity index (χ2v) is 2.34. The quantitative estimate of drug-likeness (QED) is 0.665. The van der Waals surface area contributed by atoms with E-state index in [1.54, 1.807) is 12.1 Å². The molecule has 0 saturated carbocycles. The van der Waals surface area contributed by atoms with Gasteiger partial charge in [0, 0.05) is 6.42 Å². The average Bonchev–Trinajstić information content (AvgIpc) is 2.03. The molecule has 0 saturated heterocycles. The van der Waals surface area contributed by atoms with Gasteiger partial charge in [-0.2, -0.15) is 5.10 Å². The minimum atomic E-state index is -0.839. The van der Waals surface area contributed by atoms with Crippen molar-refractivity contribution < 1.29 is 9.90 Å². The monoisotopic (exact) mass is 167 g/mol.